The van der Waals surface area contributed by atoms with E-state index in [4.69, 9.17) is 0 Å². The number of aromatic nitrogens is 3. The largest absolute Gasteiger partial charge is 0.261 e. The molecular formula is C13H9N3. The van der Waals surface area contributed by atoms with Gasteiger partial charge in [-0.3, -0.25) is 5.10 Å². The van der Waals surface area contributed by atoms with Gasteiger partial charge < -0.3 is 0 Å². The Morgan fingerprint density at radius 1 is 1.06 bits per heavy atom. The minimum Gasteiger partial charge on any atom is -0.261 e. The summed E-state index contributed by atoms with van der Waals surface area (Å²) in [5.41, 5.74) is 6.18. The number of hydrogen-bond donors (Lipinski definition) is 1. The lowest BCUT2D eigenvalue weighted by atomic mass is 10.0. The smallest absolute Gasteiger partial charge is 0.155 e. The standard InChI is InChI=1S/C13H9N3/c1-2-4-10-8(3-1)5-9-6-14-13-11(12(9)10)7-15-16-13/h1-4,6-7H,5H2,(H,14,15,16). The number of nitrogens with one attached hydrogen (secondary N) is 1. The molecule has 4 rings (SSSR count). The van der Waals surface area contributed by atoms with Gasteiger partial charge in [-0.15, -0.1) is 0 Å². The molecule has 0 amide bonds. The molecule has 3 aromatic rings. The molecule has 76 valence electrons. The number of fused-ring (bicyclic) bond motifs is 5. The topological polar surface area (TPSA) is 41.6 Å². The van der Waals surface area contributed by atoms with Crippen molar-refractivity contribution in [3.05, 3.63) is 47.8 Å². The van der Waals surface area contributed by atoms with Crippen LogP contribution in [0.3, 0.4) is 0 Å². The summed E-state index contributed by atoms with van der Waals surface area (Å²) in [6.07, 6.45) is 4.80. The Hall–Kier alpha value is -2.16. The average molecular weight is 207 g/mol. The molecule has 3 heteroatoms. The summed E-state index contributed by atoms with van der Waals surface area (Å²) in [6, 6.07) is 8.53. The van der Waals surface area contributed by atoms with Crippen molar-refractivity contribution >= 4 is 11.0 Å². The van der Waals surface area contributed by atoms with Crippen molar-refractivity contribution in [2.75, 3.05) is 0 Å². The third-order valence-electron chi connectivity index (χ3n) is 3.23. The highest BCUT2D eigenvalue weighted by Crippen LogP contribution is 2.39. The van der Waals surface area contributed by atoms with Crippen LogP contribution in [0.2, 0.25) is 0 Å². The van der Waals surface area contributed by atoms with Crippen molar-refractivity contribution < 1.29 is 0 Å². The Balaban J connectivity index is 2.18. The lowest BCUT2D eigenvalue weighted by Crippen LogP contribution is -1.84. The lowest BCUT2D eigenvalue weighted by Gasteiger charge is -2.00. The number of hydrogen-bond acceptors (Lipinski definition) is 2. The molecule has 0 bridgehead atoms. The molecular weight excluding hydrogens is 198 g/mol. The number of benzene rings is 1. The number of aromatic amines is 1. The minimum absolute atomic E-state index is 0.871. The van der Waals surface area contributed by atoms with Gasteiger partial charge in [0.15, 0.2) is 5.65 Å². The molecule has 1 aliphatic carbocycles. The van der Waals surface area contributed by atoms with E-state index in [9.17, 15) is 0 Å². The summed E-state index contributed by atoms with van der Waals surface area (Å²) in [4.78, 5) is 4.38. The molecule has 2 aromatic heterocycles. The van der Waals surface area contributed by atoms with Gasteiger partial charge in [-0.05, 0) is 22.3 Å². The van der Waals surface area contributed by atoms with Gasteiger partial charge >= 0.3 is 0 Å². The van der Waals surface area contributed by atoms with E-state index in [2.05, 4.69) is 39.4 Å². The van der Waals surface area contributed by atoms with E-state index in [1.54, 1.807) is 0 Å². The zero-order valence-electron chi connectivity index (χ0n) is 8.57. The fraction of sp³-hybridized carbons (Fsp3) is 0.0769. The second kappa shape index (κ2) is 2.70. The van der Waals surface area contributed by atoms with Crippen LogP contribution in [0.4, 0.5) is 0 Å². The van der Waals surface area contributed by atoms with Gasteiger partial charge in [0.1, 0.15) is 0 Å². The second-order valence-corrected chi connectivity index (χ2v) is 4.12. The van der Waals surface area contributed by atoms with Crippen LogP contribution in [0.15, 0.2) is 36.7 Å². The Labute approximate surface area is 92.1 Å². The second-order valence-electron chi connectivity index (χ2n) is 4.12. The van der Waals surface area contributed by atoms with Crippen LogP contribution in [0, 0.1) is 0 Å². The fourth-order valence-electron chi connectivity index (χ4n) is 2.52. The molecule has 1 aromatic carbocycles. The third kappa shape index (κ3) is 0.877. The molecule has 2 heterocycles. The highest BCUT2D eigenvalue weighted by Gasteiger charge is 2.21. The fourth-order valence-corrected chi connectivity index (χ4v) is 2.52. The zero-order valence-corrected chi connectivity index (χ0v) is 8.57. The van der Waals surface area contributed by atoms with Crippen molar-refractivity contribution in [1.82, 2.24) is 15.2 Å². The quantitative estimate of drug-likeness (QED) is 0.481. The van der Waals surface area contributed by atoms with Gasteiger partial charge in [-0.25, -0.2) is 4.98 Å². The predicted molar refractivity (Wildman–Crippen MR) is 62.1 cm³/mol. The molecule has 0 unspecified atom stereocenters. The molecule has 1 aliphatic rings. The van der Waals surface area contributed by atoms with E-state index >= 15 is 0 Å². The summed E-state index contributed by atoms with van der Waals surface area (Å²) < 4.78 is 0. The first kappa shape index (κ1) is 8.05. The molecule has 0 atom stereocenters. The Morgan fingerprint density at radius 3 is 3.00 bits per heavy atom. The maximum absolute atomic E-state index is 4.38. The predicted octanol–water partition coefficient (Wildman–Crippen LogP) is 2.53. The molecule has 16 heavy (non-hydrogen) atoms. The zero-order chi connectivity index (χ0) is 10.5. The number of rotatable bonds is 0. The van der Waals surface area contributed by atoms with Gasteiger partial charge in [0.2, 0.25) is 0 Å². The lowest BCUT2D eigenvalue weighted by molar-refractivity contribution is 1.09. The molecule has 3 nitrogen and oxygen atoms in total. The molecule has 1 N–H and O–H groups in total. The Kier molecular flexibility index (Phi) is 1.36. The summed E-state index contributed by atoms with van der Waals surface area (Å²) in [6.45, 7) is 0. The van der Waals surface area contributed by atoms with E-state index < -0.39 is 0 Å². The molecule has 0 fully saturated rings. The normalized spacial score (nSPS) is 12.8. The van der Waals surface area contributed by atoms with Crippen LogP contribution in [-0.4, -0.2) is 15.2 Å². The molecule has 0 spiro atoms. The Morgan fingerprint density at radius 2 is 2.00 bits per heavy atom. The molecule has 0 saturated heterocycles. The van der Waals surface area contributed by atoms with Crippen molar-refractivity contribution in [2.45, 2.75) is 6.42 Å². The van der Waals surface area contributed by atoms with Gasteiger partial charge in [-0.2, -0.15) is 5.10 Å². The highest BCUT2D eigenvalue weighted by molar-refractivity contribution is 5.97. The van der Waals surface area contributed by atoms with E-state index in [1.165, 1.54) is 22.3 Å². The maximum atomic E-state index is 4.38. The van der Waals surface area contributed by atoms with Crippen molar-refractivity contribution in [1.29, 1.82) is 0 Å². The molecule has 0 aliphatic heterocycles. The Bertz CT molecular complexity index is 697. The maximum Gasteiger partial charge on any atom is 0.155 e. The van der Waals surface area contributed by atoms with Gasteiger partial charge in [0, 0.05) is 18.0 Å². The monoisotopic (exact) mass is 207 g/mol. The van der Waals surface area contributed by atoms with Crippen LogP contribution in [-0.2, 0) is 6.42 Å². The van der Waals surface area contributed by atoms with Crippen LogP contribution in [0.5, 0.6) is 0 Å². The highest BCUT2D eigenvalue weighted by atomic mass is 15.1. The third-order valence-corrected chi connectivity index (χ3v) is 3.23. The first-order valence-corrected chi connectivity index (χ1v) is 5.33. The van der Waals surface area contributed by atoms with Gasteiger partial charge in [-0.1, -0.05) is 24.3 Å². The van der Waals surface area contributed by atoms with E-state index in [0.29, 0.717) is 0 Å². The van der Waals surface area contributed by atoms with Crippen molar-refractivity contribution in [3.63, 3.8) is 0 Å². The number of nitrogens with zero attached hydrogens (tertiary/aromatic N) is 2. The van der Waals surface area contributed by atoms with Crippen molar-refractivity contribution in [2.24, 2.45) is 0 Å². The van der Waals surface area contributed by atoms with E-state index in [1.807, 2.05) is 12.4 Å². The first-order chi connectivity index (χ1) is 7.93. The van der Waals surface area contributed by atoms with Crippen LogP contribution in [0.1, 0.15) is 11.1 Å². The summed E-state index contributed by atoms with van der Waals surface area (Å²) in [7, 11) is 0. The average Bonchev–Trinajstić information content (AvgIpc) is 2.91. The SMILES string of the molecule is c1ccc2c(c1)Cc1cnc3[nH]ncc3c1-2. The summed E-state index contributed by atoms with van der Waals surface area (Å²) in [5.74, 6) is 0. The van der Waals surface area contributed by atoms with E-state index in [0.717, 1.165) is 17.5 Å². The van der Waals surface area contributed by atoms with Gasteiger partial charge in [0.05, 0.1) is 6.20 Å². The first-order valence-electron chi connectivity index (χ1n) is 5.33. The van der Waals surface area contributed by atoms with Gasteiger partial charge in [0.25, 0.3) is 0 Å². The molecule has 0 radical (unpaired) electrons. The minimum atomic E-state index is 0.871. The van der Waals surface area contributed by atoms with Crippen molar-refractivity contribution in [3.8, 4) is 11.1 Å². The van der Waals surface area contributed by atoms with E-state index in [-0.39, 0.29) is 0 Å². The van der Waals surface area contributed by atoms with Crippen LogP contribution >= 0.6 is 0 Å². The summed E-state index contributed by atoms with van der Waals surface area (Å²) >= 11 is 0. The van der Waals surface area contributed by atoms with Crippen LogP contribution < -0.4 is 0 Å². The number of pyridine rings is 1. The van der Waals surface area contributed by atoms with Crippen LogP contribution in [0.25, 0.3) is 22.2 Å². The molecule has 0 saturated carbocycles. The number of H-pyrrole nitrogens is 1. The summed E-state index contributed by atoms with van der Waals surface area (Å²) in [5, 5.41) is 8.11.